The average molecular weight is 448 g/mol. The third-order valence-corrected chi connectivity index (χ3v) is 7.43. The maximum atomic E-state index is 13.0. The number of nitrogens with one attached hydrogen (secondary N) is 1. The number of hydrogen-bond acceptors (Lipinski definition) is 4. The number of amides is 1. The molecule has 0 bridgehead atoms. The molecule has 6 nitrogen and oxygen atoms in total. The molecule has 0 atom stereocenters. The maximum absolute atomic E-state index is 13.0. The van der Waals surface area contributed by atoms with Gasteiger partial charge in [0.1, 0.15) is 0 Å². The molecular formula is C25H25N3O3S. The summed E-state index contributed by atoms with van der Waals surface area (Å²) in [5, 5.41) is 0. The van der Waals surface area contributed by atoms with E-state index in [-0.39, 0.29) is 16.7 Å². The second-order valence-electron chi connectivity index (χ2n) is 8.47. The minimum atomic E-state index is -3.77. The lowest BCUT2D eigenvalue weighted by molar-refractivity contribution is -0.119. The fourth-order valence-electron chi connectivity index (χ4n) is 4.18. The SMILES string of the molecule is Nc1cccc(-c2ccc(S(=O)(=O)Nc3ccc4c(c3)N(C(=O)C3CC3)CCC4)cc2)c1. The standard InChI is InChI=1S/C25H25N3O3S/c26-21-5-1-3-20(15-21)17-9-12-23(13-10-17)32(30,31)27-22-11-8-18-4-2-14-28(24(18)16-22)25(29)19-6-7-19/h1,3,5,8-13,15-16,19,27H,2,4,6-7,14,26H2. The van der Waals surface area contributed by atoms with Gasteiger partial charge in [0.15, 0.2) is 0 Å². The topological polar surface area (TPSA) is 92.5 Å². The fraction of sp³-hybridized carbons (Fsp3) is 0.240. The largest absolute Gasteiger partial charge is 0.399 e. The van der Waals surface area contributed by atoms with Gasteiger partial charge >= 0.3 is 0 Å². The quantitative estimate of drug-likeness (QED) is 0.566. The molecule has 1 aliphatic carbocycles. The Morgan fingerprint density at radius 3 is 2.47 bits per heavy atom. The average Bonchev–Trinajstić information content (AvgIpc) is 3.64. The number of sulfonamides is 1. The number of nitrogens with zero attached hydrogens (tertiary/aromatic N) is 1. The molecule has 7 heteroatoms. The van der Waals surface area contributed by atoms with Crippen LogP contribution in [0.4, 0.5) is 17.1 Å². The zero-order chi connectivity index (χ0) is 22.3. The van der Waals surface area contributed by atoms with Gasteiger partial charge in [0.2, 0.25) is 5.91 Å². The van der Waals surface area contributed by atoms with E-state index in [4.69, 9.17) is 5.73 Å². The maximum Gasteiger partial charge on any atom is 0.261 e. The summed E-state index contributed by atoms with van der Waals surface area (Å²) in [5.41, 5.74) is 10.7. The minimum absolute atomic E-state index is 0.125. The molecule has 2 aliphatic rings. The molecule has 0 saturated heterocycles. The van der Waals surface area contributed by atoms with Crippen LogP contribution in [0.3, 0.4) is 0 Å². The minimum Gasteiger partial charge on any atom is -0.399 e. The van der Waals surface area contributed by atoms with E-state index in [1.54, 1.807) is 36.4 Å². The van der Waals surface area contributed by atoms with E-state index < -0.39 is 10.0 Å². The first kappa shape index (κ1) is 20.6. The molecule has 164 valence electrons. The van der Waals surface area contributed by atoms with Crippen LogP contribution in [0.1, 0.15) is 24.8 Å². The molecule has 1 amide bonds. The number of benzene rings is 3. The van der Waals surface area contributed by atoms with Crippen LogP contribution >= 0.6 is 0 Å². The molecule has 32 heavy (non-hydrogen) atoms. The number of anilines is 3. The Balaban J connectivity index is 1.39. The summed E-state index contributed by atoms with van der Waals surface area (Å²) >= 11 is 0. The molecule has 1 aliphatic heterocycles. The van der Waals surface area contributed by atoms with Crippen LogP contribution in [0.2, 0.25) is 0 Å². The molecule has 1 fully saturated rings. The fourth-order valence-corrected chi connectivity index (χ4v) is 5.23. The molecule has 0 spiro atoms. The van der Waals surface area contributed by atoms with Gasteiger partial charge in [-0.05, 0) is 78.8 Å². The van der Waals surface area contributed by atoms with Crippen LogP contribution in [-0.2, 0) is 21.2 Å². The third kappa shape index (κ3) is 4.08. The Kier molecular flexibility index (Phi) is 5.13. The third-order valence-electron chi connectivity index (χ3n) is 6.03. The second-order valence-corrected chi connectivity index (χ2v) is 10.1. The molecular weight excluding hydrogens is 422 g/mol. The highest BCUT2D eigenvalue weighted by Gasteiger charge is 2.35. The Morgan fingerprint density at radius 2 is 1.75 bits per heavy atom. The predicted molar refractivity (Wildman–Crippen MR) is 127 cm³/mol. The number of carbonyl (C=O) groups excluding carboxylic acids is 1. The Labute approximate surface area is 188 Å². The van der Waals surface area contributed by atoms with Crippen LogP contribution in [0, 0.1) is 5.92 Å². The number of rotatable bonds is 5. The van der Waals surface area contributed by atoms with Crippen molar-refractivity contribution in [2.45, 2.75) is 30.6 Å². The van der Waals surface area contributed by atoms with Gasteiger partial charge in [0.25, 0.3) is 10.0 Å². The van der Waals surface area contributed by atoms with E-state index in [2.05, 4.69) is 4.72 Å². The van der Waals surface area contributed by atoms with Crippen molar-refractivity contribution in [2.75, 3.05) is 21.9 Å². The molecule has 0 unspecified atom stereocenters. The van der Waals surface area contributed by atoms with Crippen molar-refractivity contribution in [2.24, 2.45) is 5.92 Å². The second kappa shape index (κ2) is 7.98. The van der Waals surface area contributed by atoms with Crippen LogP contribution in [0.15, 0.2) is 71.6 Å². The predicted octanol–water partition coefficient (Wildman–Crippen LogP) is 4.43. The molecule has 1 saturated carbocycles. The number of aryl methyl sites for hydroxylation is 1. The van der Waals surface area contributed by atoms with Crippen LogP contribution < -0.4 is 15.4 Å². The summed E-state index contributed by atoms with van der Waals surface area (Å²) in [7, 11) is -3.77. The van der Waals surface area contributed by atoms with E-state index in [0.717, 1.165) is 48.1 Å². The van der Waals surface area contributed by atoms with E-state index in [1.807, 2.05) is 35.2 Å². The lowest BCUT2D eigenvalue weighted by Gasteiger charge is -2.30. The lowest BCUT2D eigenvalue weighted by Crippen LogP contribution is -2.36. The summed E-state index contributed by atoms with van der Waals surface area (Å²) in [4.78, 5) is 14.7. The van der Waals surface area contributed by atoms with Gasteiger partial charge in [0, 0.05) is 23.8 Å². The van der Waals surface area contributed by atoms with Crippen molar-refractivity contribution >= 4 is 33.0 Å². The number of carbonyl (C=O) groups is 1. The van der Waals surface area contributed by atoms with Gasteiger partial charge in [0.05, 0.1) is 10.6 Å². The first-order valence-corrected chi connectivity index (χ1v) is 12.3. The number of hydrogen-bond donors (Lipinski definition) is 2. The van der Waals surface area contributed by atoms with Gasteiger partial charge in [-0.15, -0.1) is 0 Å². The Morgan fingerprint density at radius 1 is 0.969 bits per heavy atom. The zero-order valence-electron chi connectivity index (χ0n) is 17.6. The zero-order valence-corrected chi connectivity index (χ0v) is 18.4. The van der Waals surface area contributed by atoms with Gasteiger partial charge in [-0.2, -0.15) is 0 Å². The van der Waals surface area contributed by atoms with E-state index in [1.165, 1.54) is 0 Å². The van der Waals surface area contributed by atoms with Crippen molar-refractivity contribution in [1.82, 2.24) is 0 Å². The lowest BCUT2D eigenvalue weighted by atomic mass is 10.0. The summed E-state index contributed by atoms with van der Waals surface area (Å²) in [6.07, 6.45) is 3.71. The van der Waals surface area contributed by atoms with Crippen LogP contribution in [0.5, 0.6) is 0 Å². The van der Waals surface area contributed by atoms with Gasteiger partial charge in [-0.3, -0.25) is 9.52 Å². The number of fused-ring (bicyclic) bond motifs is 1. The molecule has 3 aromatic rings. The van der Waals surface area contributed by atoms with Crippen LogP contribution in [-0.4, -0.2) is 20.9 Å². The van der Waals surface area contributed by atoms with Gasteiger partial charge in [-0.25, -0.2) is 8.42 Å². The number of nitrogen functional groups attached to an aromatic ring is 1. The number of nitrogens with two attached hydrogens (primary N) is 1. The highest BCUT2D eigenvalue weighted by atomic mass is 32.2. The summed E-state index contributed by atoms with van der Waals surface area (Å²) < 4.78 is 28.7. The van der Waals surface area contributed by atoms with Crippen molar-refractivity contribution in [3.8, 4) is 11.1 Å². The molecule has 0 radical (unpaired) electrons. The van der Waals surface area contributed by atoms with Gasteiger partial charge < -0.3 is 10.6 Å². The van der Waals surface area contributed by atoms with Crippen molar-refractivity contribution < 1.29 is 13.2 Å². The monoisotopic (exact) mass is 447 g/mol. The van der Waals surface area contributed by atoms with Crippen molar-refractivity contribution in [3.63, 3.8) is 0 Å². The van der Waals surface area contributed by atoms with E-state index in [0.29, 0.717) is 17.9 Å². The normalized spacial score (nSPS) is 15.8. The molecule has 3 aromatic carbocycles. The first-order chi connectivity index (χ1) is 15.4. The van der Waals surface area contributed by atoms with Crippen molar-refractivity contribution in [1.29, 1.82) is 0 Å². The Hall–Kier alpha value is -3.32. The van der Waals surface area contributed by atoms with E-state index in [9.17, 15) is 13.2 Å². The first-order valence-electron chi connectivity index (χ1n) is 10.8. The summed E-state index contributed by atoms with van der Waals surface area (Å²) in [6.45, 7) is 0.685. The molecule has 1 heterocycles. The smallest absolute Gasteiger partial charge is 0.261 e. The molecule has 0 aromatic heterocycles. The summed E-state index contributed by atoms with van der Waals surface area (Å²) in [5.74, 6) is 0.280. The van der Waals surface area contributed by atoms with Gasteiger partial charge in [-0.1, -0.05) is 30.3 Å². The van der Waals surface area contributed by atoms with E-state index >= 15 is 0 Å². The van der Waals surface area contributed by atoms with Crippen molar-refractivity contribution in [3.05, 3.63) is 72.3 Å². The molecule has 3 N–H and O–H groups in total. The van der Waals surface area contributed by atoms with Crippen LogP contribution in [0.25, 0.3) is 11.1 Å². The Bertz CT molecular complexity index is 1280. The highest BCUT2D eigenvalue weighted by Crippen LogP contribution is 2.37. The molecule has 5 rings (SSSR count). The summed E-state index contributed by atoms with van der Waals surface area (Å²) in [6, 6.07) is 19.6. The highest BCUT2D eigenvalue weighted by molar-refractivity contribution is 7.92.